The van der Waals surface area contributed by atoms with Gasteiger partial charge < -0.3 is 19.9 Å². The minimum atomic E-state index is -0.201. The van der Waals surface area contributed by atoms with Crippen LogP contribution in [0, 0.1) is 0 Å². The Bertz CT molecular complexity index is 1410. The molecule has 216 valence electrons. The van der Waals surface area contributed by atoms with Gasteiger partial charge >= 0.3 is 0 Å². The van der Waals surface area contributed by atoms with E-state index >= 15 is 0 Å². The topological polar surface area (TPSA) is 120 Å². The molecule has 11 nitrogen and oxygen atoms in total. The molecule has 12 heteroatoms. The maximum atomic E-state index is 12.6. The number of amides is 2. The molecule has 1 unspecified atom stereocenters. The maximum absolute atomic E-state index is 12.6. The van der Waals surface area contributed by atoms with Gasteiger partial charge in [-0.2, -0.15) is 5.10 Å². The third-order valence-corrected chi connectivity index (χ3v) is 9.20. The summed E-state index contributed by atoms with van der Waals surface area (Å²) < 4.78 is 5.63. The van der Waals surface area contributed by atoms with Crippen LogP contribution >= 0.6 is 11.8 Å². The number of hydrogen-bond donors (Lipinski definition) is 2. The summed E-state index contributed by atoms with van der Waals surface area (Å²) in [6.45, 7) is 11.1. The Balaban J connectivity index is 1.10. The van der Waals surface area contributed by atoms with Crippen LogP contribution in [0.2, 0.25) is 0 Å². The molecule has 0 radical (unpaired) electrons. The van der Waals surface area contributed by atoms with Gasteiger partial charge in [-0.1, -0.05) is 18.7 Å². The number of piperazine rings is 1. The second-order valence-corrected chi connectivity index (χ2v) is 11.9. The van der Waals surface area contributed by atoms with Gasteiger partial charge in [0.25, 0.3) is 0 Å². The number of morpholine rings is 1. The van der Waals surface area contributed by atoms with Crippen LogP contribution in [-0.2, 0) is 20.7 Å². The number of rotatable bonds is 9. The fraction of sp³-hybridized carbons (Fsp3) is 0.483. The second-order valence-electron chi connectivity index (χ2n) is 10.6. The van der Waals surface area contributed by atoms with E-state index in [2.05, 4.69) is 38.0 Å². The van der Waals surface area contributed by atoms with E-state index < -0.39 is 0 Å². The first-order valence-electron chi connectivity index (χ1n) is 14.3. The number of nitrogens with one attached hydrogen (secondary N) is 2. The molecule has 0 saturated carbocycles. The molecule has 2 amide bonds. The van der Waals surface area contributed by atoms with E-state index in [1.54, 1.807) is 0 Å². The number of benzene rings is 1. The monoisotopic (exact) mass is 576 g/mol. The number of hydrogen-bond acceptors (Lipinski definition) is 9. The molecule has 41 heavy (non-hydrogen) atoms. The molecule has 3 aliphatic heterocycles. The lowest BCUT2D eigenvalue weighted by atomic mass is 10.1. The highest BCUT2D eigenvalue weighted by Crippen LogP contribution is 2.43. The first-order chi connectivity index (χ1) is 20.1. The molecule has 5 heterocycles. The Labute approximate surface area is 243 Å². The Morgan fingerprint density at radius 3 is 2.78 bits per heavy atom. The molecule has 0 aliphatic carbocycles. The van der Waals surface area contributed by atoms with Crippen LogP contribution in [0.1, 0.15) is 18.5 Å². The van der Waals surface area contributed by atoms with Crippen LogP contribution in [0.3, 0.4) is 0 Å². The minimum Gasteiger partial charge on any atom is -0.378 e. The Hall–Kier alpha value is -3.48. The minimum absolute atomic E-state index is 0.158. The van der Waals surface area contributed by atoms with Gasteiger partial charge in [0.1, 0.15) is 5.82 Å². The third-order valence-electron chi connectivity index (χ3n) is 7.90. The van der Waals surface area contributed by atoms with Gasteiger partial charge in [-0.25, -0.2) is 9.97 Å². The van der Waals surface area contributed by atoms with Gasteiger partial charge in [-0.15, -0.1) is 11.8 Å². The molecule has 3 aromatic rings. The quantitative estimate of drug-likeness (QED) is 0.292. The molecule has 2 N–H and O–H groups in total. The largest absolute Gasteiger partial charge is 0.378 e. The Morgan fingerprint density at radius 2 is 1.98 bits per heavy atom. The van der Waals surface area contributed by atoms with E-state index in [1.165, 1.54) is 11.0 Å². The number of anilines is 1. The fourth-order valence-electron chi connectivity index (χ4n) is 5.69. The molecule has 6 rings (SSSR count). The highest BCUT2D eigenvalue weighted by molar-refractivity contribution is 8.00. The Kier molecular flexibility index (Phi) is 8.49. The molecule has 2 fully saturated rings. The van der Waals surface area contributed by atoms with E-state index in [9.17, 15) is 9.59 Å². The fourth-order valence-corrected chi connectivity index (χ4v) is 7.10. The zero-order valence-electron chi connectivity index (χ0n) is 23.2. The number of aromatic amines is 1. The zero-order chi connectivity index (χ0) is 28.2. The summed E-state index contributed by atoms with van der Waals surface area (Å²) >= 11 is 1.89. The summed E-state index contributed by atoms with van der Waals surface area (Å²) in [7, 11) is 0. The van der Waals surface area contributed by atoms with Crippen molar-refractivity contribution in [3.05, 3.63) is 42.7 Å². The van der Waals surface area contributed by atoms with Crippen LogP contribution in [-0.4, -0.2) is 113 Å². The number of ether oxygens (including phenoxy) is 1. The summed E-state index contributed by atoms with van der Waals surface area (Å²) in [6, 6.07) is 6.11. The second kappa shape index (κ2) is 12.6. The van der Waals surface area contributed by atoms with E-state index in [0.29, 0.717) is 37.9 Å². The van der Waals surface area contributed by atoms with Crippen molar-refractivity contribution >= 4 is 40.3 Å². The number of H-pyrrole nitrogens is 1. The van der Waals surface area contributed by atoms with Crippen LogP contribution in [0.4, 0.5) is 5.82 Å². The van der Waals surface area contributed by atoms with Crippen LogP contribution in [0.25, 0.3) is 22.3 Å². The normalized spacial score (nSPS) is 19.4. The van der Waals surface area contributed by atoms with E-state index in [-0.39, 0.29) is 11.8 Å². The maximum Gasteiger partial charge on any atom is 0.243 e. The average Bonchev–Trinajstić information content (AvgIpc) is 3.66. The summed E-state index contributed by atoms with van der Waals surface area (Å²) in [6.07, 6.45) is 5.07. The van der Waals surface area contributed by atoms with Crippen molar-refractivity contribution in [2.75, 3.05) is 70.5 Å². The van der Waals surface area contributed by atoms with Gasteiger partial charge in [0.2, 0.25) is 11.8 Å². The van der Waals surface area contributed by atoms with Crippen LogP contribution < -0.4 is 10.2 Å². The van der Waals surface area contributed by atoms with E-state index in [0.717, 1.165) is 86.0 Å². The van der Waals surface area contributed by atoms with E-state index in [4.69, 9.17) is 14.7 Å². The molecular formula is C29H36N8O3S. The van der Waals surface area contributed by atoms with Crippen molar-refractivity contribution in [2.24, 2.45) is 0 Å². The lowest BCUT2D eigenvalue weighted by Gasteiger charge is -2.35. The number of carbonyl (C=O) groups excluding carboxylic acids is 2. The highest BCUT2D eigenvalue weighted by Gasteiger charge is 2.33. The lowest BCUT2D eigenvalue weighted by molar-refractivity contribution is -0.133. The standard InChI is InChI=1S/C29H36N8O3S/c1-2-25(38)30-8-4-7-26(39)36-11-9-35(10-12-36)19-20-17-24-27(41-20)29(37-13-15-40-16-14-37)33-28(32-24)21-5-3-6-23-22(21)18-31-34-23/h2-3,5-6,18,20H,1,4,7-17,19H2,(H,30,38)(H,31,34). The van der Waals surface area contributed by atoms with Crippen molar-refractivity contribution in [1.29, 1.82) is 0 Å². The van der Waals surface area contributed by atoms with Crippen LogP contribution in [0.15, 0.2) is 41.9 Å². The molecule has 0 bridgehead atoms. The molecule has 1 atom stereocenters. The highest BCUT2D eigenvalue weighted by atomic mass is 32.2. The van der Waals surface area contributed by atoms with Crippen molar-refractivity contribution in [2.45, 2.75) is 29.4 Å². The van der Waals surface area contributed by atoms with Crippen molar-refractivity contribution in [1.82, 2.24) is 35.3 Å². The molecule has 3 aliphatic rings. The summed E-state index contributed by atoms with van der Waals surface area (Å²) in [5, 5.41) is 11.4. The molecule has 2 aromatic heterocycles. The number of aromatic nitrogens is 4. The van der Waals surface area contributed by atoms with Crippen molar-refractivity contribution in [3.63, 3.8) is 0 Å². The summed E-state index contributed by atoms with van der Waals surface area (Å²) in [4.78, 5) is 42.1. The number of thioether (sulfide) groups is 1. The third kappa shape index (κ3) is 6.24. The number of fused-ring (bicyclic) bond motifs is 2. The van der Waals surface area contributed by atoms with Crippen molar-refractivity contribution in [3.8, 4) is 11.4 Å². The first-order valence-corrected chi connectivity index (χ1v) is 15.2. The number of carbonyl (C=O) groups is 2. The predicted octanol–water partition coefficient (Wildman–Crippen LogP) is 2.10. The van der Waals surface area contributed by atoms with Gasteiger partial charge in [-0.3, -0.25) is 19.6 Å². The SMILES string of the molecule is C=CC(=O)NCCCC(=O)N1CCN(CC2Cc3nc(-c4cccc5[nH]ncc45)nc(N4CCOCC4)c3S2)CC1. The van der Waals surface area contributed by atoms with Gasteiger partial charge in [0.15, 0.2) is 5.82 Å². The smallest absolute Gasteiger partial charge is 0.243 e. The molecule has 0 spiro atoms. The van der Waals surface area contributed by atoms with Crippen LogP contribution in [0.5, 0.6) is 0 Å². The van der Waals surface area contributed by atoms with Gasteiger partial charge in [0, 0.05) is 81.4 Å². The zero-order valence-corrected chi connectivity index (χ0v) is 24.0. The van der Waals surface area contributed by atoms with Gasteiger partial charge in [0.05, 0.1) is 35.5 Å². The average molecular weight is 577 g/mol. The molecule has 2 saturated heterocycles. The Morgan fingerprint density at radius 1 is 1.15 bits per heavy atom. The lowest BCUT2D eigenvalue weighted by Crippen LogP contribution is -2.50. The first kappa shape index (κ1) is 27.7. The predicted molar refractivity (Wildman–Crippen MR) is 159 cm³/mol. The molecule has 1 aromatic carbocycles. The summed E-state index contributed by atoms with van der Waals surface area (Å²) in [5.74, 6) is 1.72. The van der Waals surface area contributed by atoms with Gasteiger partial charge in [-0.05, 0) is 18.6 Å². The summed E-state index contributed by atoms with van der Waals surface area (Å²) in [5.41, 5.74) is 3.08. The van der Waals surface area contributed by atoms with E-state index in [1.807, 2.05) is 35.0 Å². The molecular weight excluding hydrogens is 540 g/mol. The van der Waals surface area contributed by atoms with Crippen molar-refractivity contribution < 1.29 is 14.3 Å². The number of nitrogens with zero attached hydrogens (tertiary/aromatic N) is 6.